The zero-order valence-corrected chi connectivity index (χ0v) is 18.8. The molecule has 1 N–H and O–H groups in total. The number of alkyl halides is 2. The fraction of sp³-hybridized carbons (Fsp3) is 0.421. The van der Waals surface area contributed by atoms with Crippen molar-refractivity contribution in [2.24, 2.45) is 12.0 Å². The van der Waals surface area contributed by atoms with Crippen LogP contribution in [0, 0.1) is 0 Å². The molecular formula is C19H27F2IN4O2. The number of halogens is 3. The van der Waals surface area contributed by atoms with Crippen molar-refractivity contribution >= 4 is 29.9 Å². The number of guanidine groups is 1. The summed E-state index contributed by atoms with van der Waals surface area (Å²) in [7, 11) is 5.67. The number of nitrogens with one attached hydrogen (secondary N) is 1. The van der Waals surface area contributed by atoms with Crippen molar-refractivity contribution in [3.8, 4) is 11.5 Å². The Hall–Kier alpha value is -2.04. The van der Waals surface area contributed by atoms with Gasteiger partial charge in [-0.2, -0.15) is 8.78 Å². The number of rotatable bonds is 8. The molecule has 2 rings (SSSR count). The van der Waals surface area contributed by atoms with Crippen LogP contribution >= 0.6 is 24.0 Å². The summed E-state index contributed by atoms with van der Waals surface area (Å²) in [5.41, 5.74) is 2.03. The molecule has 1 heterocycles. The van der Waals surface area contributed by atoms with Gasteiger partial charge in [0, 0.05) is 39.6 Å². The van der Waals surface area contributed by atoms with Gasteiger partial charge < -0.3 is 24.3 Å². The first-order chi connectivity index (χ1) is 12.9. The average molecular weight is 508 g/mol. The highest BCUT2D eigenvalue weighted by Gasteiger charge is 2.13. The molecule has 2 aromatic rings. The second-order valence-corrected chi connectivity index (χ2v) is 5.96. The Morgan fingerprint density at radius 3 is 2.61 bits per heavy atom. The molecule has 28 heavy (non-hydrogen) atoms. The Morgan fingerprint density at radius 2 is 2.04 bits per heavy atom. The summed E-state index contributed by atoms with van der Waals surface area (Å²) >= 11 is 0. The van der Waals surface area contributed by atoms with Crippen molar-refractivity contribution in [3.63, 3.8) is 0 Å². The van der Waals surface area contributed by atoms with Crippen LogP contribution in [-0.2, 0) is 20.1 Å². The average Bonchev–Trinajstić information content (AvgIpc) is 3.02. The normalized spacial score (nSPS) is 11.2. The summed E-state index contributed by atoms with van der Waals surface area (Å²) < 4.78 is 37.0. The van der Waals surface area contributed by atoms with Crippen LogP contribution in [0.4, 0.5) is 8.78 Å². The number of hydrogen-bond donors (Lipinski definition) is 1. The van der Waals surface area contributed by atoms with Gasteiger partial charge in [-0.15, -0.1) is 24.0 Å². The van der Waals surface area contributed by atoms with Gasteiger partial charge in [0.2, 0.25) is 0 Å². The molecule has 0 atom stereocenters. The lowest BCUT2D eigenvalue weighted by atomic mass is 10.2. The summed E-state index contributed by atoms with van der Waals surface area (Å²) in [5, 5.41) is 3.27. The molecule has 0 fully saturated rings. The van der Waals surface area contributed by atoms with E-state index >= 15 is 0 Å². The third-order valence-corrected chi connectivity index (χ3v) is 4.00. The van der Waals surface area contributed by atoms with Gasteiger partial charge in [-0.05, 0) is 36.8 Å². The van der Waals surface area contributed by atoms with Crippen LogP contribution in [-0.4, -0.2) is 42.7 Å². The number of ether oxygens (including phenoxy) is 2. The van der Waals surface area contributed by atoms with E-state index in [4.69, 9.17) is 4.74 Å². The molecule has 0 unspecified atom stereocenters. The minimum absolute atomic E-state index is 0. The van der Waals surface area contributed by atoms with Crippen LogP contribution in [0.2, 0.25) is 0 Å². The first-order valence-corrected chi connectivity index (χ1v) is 8.67. The maximum absolute atomic E-state index is 12.5. The monoisotopic (exact) mass is 508 g/mol. The molecule has 6 nitrogen and oxygen atoms in total. The van der Waals surface area contributed by atoms with E-state index in [2.05, 4.69) is 25.7 Å². The minimum Gasteiger partial charge on any atom is -0.490 e. The Kier molecular flexibility index (Phi) is 10.0. The number of aliphatic imine (C=N–C) groups is 1. The third kappa shape index (κ3) is 6.84. The molecule has 0 aliphatic carbocycles. The van der Waals surface area contributed by atoms with Crippen LogP contribution in [0.1, 0.15) is 18.2 Å². The number of nitrogens with zero attached hydrogens (tertiary/aromatic N) is 3. The molecule has 1 aromatic heterocycles. The van der Waals surface area contributed by atoms with Crippen LogP contribution < -0.4 is 14.8 Å². The molecule has 156 valence electrons. The zero-order valence-electron chi connectivity index (χ0n) is 16.5. The Morgan fingerprint density at radius 1 is 1.29 bits per heavy atom. The van der Waals surface area contributed by atoms with Crippen LogP contribution in [0.3, 0.4) is 0 Å². The van der Waals surface area contributed by atoms with Gasteiger partial charge in [0.25, 0.3) is 0 Å². The summed E-state index contributed by atoms with van der Waals surface area (Å²) in [4.78, 5) is 6.30. The van der Waals surface area contributed by atoms with Crippen molar-refractivity contribution in [3.05, 3.63) is 47.8 Å². The molecular weight excluding hydrogens is 481 g/mol. The molecule has 0 saturated heterocycles. The first kappa shape index (κ1) is 24.0. The van der Waals surface area contributed by atoms with Gasteiger partial charge in [-0.25, -0.2) is 0 Å². The first-order valence-electron chi connectivity index (χ1n) is 8.67. The van der Waals surface area contributed by atoms with Crippen molar-refractivity contribution in [2.75, 3.05) is 20.7 Å². The van der Waals surface area contributed by atoms with Crippen LogP contribution in [0.25, 0.3) is 0 Å². The Bertz CT molecular complexity index is 768. The largest absolute Gasteiger partial charge is 0.490 e. The molecule has 0 aliphatic heterocycles. The van der Waals surface area contributed by atoms with E-state index in [1.165, 1.54) is 6.07 Å². The van der Waals surface area contributed by atoms with Gasteiger partial charge in [0.15, 0.2) is 17.5 Å². The van der Waals surface area contributed by atoms with E-state index in [9.17, 15) is 8.78 Å². The Labute approximate surface area is 181 Å². The van der Waals surface area contributed by atoms with E-state index in [0.717, 1.165) is 17.2 Å². The van der Waals surface area contributed by atoms with Gasteiger partial charge in [0.05, 0.1) is 13.2 Å². The second kappa shape index (κ2) is 11.7. The lowest BCUT2D eigenvalue weighted by molar-refractivity contribution is -0.0514. The lowest BCUT2D eigenvalue weighted by Crippen LogP contribution is -2.38. The minimum atomic E-state index is -2.89. The molecule has 0 saturated carbocycles. The fourth-order valence-corrected chi connectivity index (χ4v) is 2.67. The van der Waals surface area contributed by atoms with E-state index in [0.29, 0.717) is 25.4 Å². The topological polar surface area (TPSA) is 51.0 Å². The molecule has 0 bridgehead atoms. The van der Waals surface area contributed by atoms with E-state index in [1.54, 1.807) is 26.1 Å². The van der Waals surface area contributed by atoms with Gasteiger partial charge in [-0.1, -0.05) is 6.07 Å². The van der Waals surface area contributed by atoms with Gasteiger partial charge in [0.1, 0.15) is 0 Å². The number of aryl methyl sites for hydroxylation is 1. The van der Waals surface area contributed by atoms with Crippen molar-refractivity contribution in [1.82, 2.24) is 14.8 Å². The SMILES string of the molecule is CCOc1cc(CNC(=NC)N(C)Cc2cccn2C)ccc1OC(F)F.I. The van der Waals surface area contributed by atoms with Crippen molar-refractivity contribution < 1.29 is 18.3 Å². The van der Waals surface area contributed by atoms with E-state index < -0.39 is 6.61 Å². The van der Waals surface area contributed by atoms with Crippen LogP contribution in [0.5, 0.6) is 11.5 Å². The summed E-state index contributed by atoms with van der Waals surface area (Å²) in [6.45, 7) is 0.432. The molecule has 0 aliphatic rings. The maximum atomic E-state index is 12.5. The number of hydrogen-bond acceptors (Lipinski definition) is 3. The van der Waals surface area contributed by atoms with E-state index in [1.807, 2.05) is 31.3 Å². The summed E-state index contributed by atoms with van der Waals surface area (Å²) in [5.74, 6) is 1.05. The lowest BCUT2D eigenvalue weighted by Gasteiger charge is -2.22. The van der Waals surface area contributed by atoms with Crippen molar-refractivity contribution in [2.45, 2.75) is 26.6 Å². The molecule has 0 radical (unpaired) electrons. The third-order valence-electron chi connectivity index (χ3n) is 4.00. The zero-order chi connectivity index (χ0) is 19.8. The van der Waals surface area contributed by atoms with Gasteiger partial charge >= 0.3 is 6.61 Å². The smallest absolute Gasteiger partial charge is 0.387 e. The fourth-order valence-electron chi connectivity index (χ4n) is 2.67. The predicted molar refractivity (Wildman–Crippen MR) is 117 cm³/mol. The molecule has 9 heteroatoms. The second-order valence-electron chi connectivity index (χ2n) is 5.96. The molecule has 1 aromatic carbocycles. The van der Waals surface area contributed by atoms with Gasteiger partial charge in [-0.3, -0.25) is 4.99 Å². The number of benzene rings is 1. The quantitative estimate of drug-likeness (QED) is 0.335. The highest BCUT2D eigenvalue weighted by Crippen LogP contribution is 2.29. The maximum Gasteiger partial charge on any atom is 0.387 e. The number of aromatic nitrogens is 1. The highest BCUT2D eigenvalue weighted by molar-refractivity contribution is 14.0. The Balaban J connectivity index is 0.00000392. The van der Waals surface area contributed by atoms with Crippen LogP contribution in [0.15, 0.2) is 41.5 Å². The van der Waals surface area contributed by atoms with E-state index in [-0.39, 0.29) is 29.7 Å². The van der Waals surface area contributed by atoms with Crippen molar-refractivity contribution in [1.29, 1.82) is 0 Å². The summed E-state index contributed by atoms with van der Waals surface area (Å²) in [6, 6.07) is 8.96. The molecule has 0 spiro atoms. The summed E-state index contributed by atoms with van der Waals surface area (Å²) in [6.07, 6.45) is 2.00. The molecule has 0 amide bonds. The standard InChI is InChI=1S/C19H26F2N4O2.HI/c1-5-26-17-11-14(8-9-16(17)27-18(20)21)12-23-19(22-2)25(4)13-15-7-6-10-24(15)3;/h6-11,18H,5,12-13H2,1-4H3,(H,22,23);1H. The predicted octanol–water partition coefficient (Wildman–Crippen LogP) is 3.85. The highest BCUT2D eigenvalue weighted by atomic mass is 127.